The van der Waals surface area contributed by atoms with E-state index in [-0.39, 0.29) is 11.8 Å². The smallest absolute Gasteiger partial charge is 0.229 e. The fourth-order valence-electron chi connectivity index (χ4n) is 2.20. The van der Waals surface area contributed by atoms with E-state index < -0.39 is 0 Å². The summed E-state index contributed by atoms with van der Waals surface area (Å²) in [4.78, 5) is 11.6. The van der Waals surface area contributed by atoms with Crippen molar-refractivity contribution in [1.29, 1.82) is 0 Å². The zero-order valence-electron chi connectivity index (χ0n) is 7.04. The number of carbonyl (C=O) groups is 1. The van der Waals surface area contributed by atoms with Gasteiger partial charge in [0.15, 0.2) is 0 Å². The number of fused-ring (bicyclic) bond motifs is 3. The minimum Gasteiger partial charge on any atom is -0.325 e. The van der Waals surface area contributed by atoms with Gasteiger partial charge in [0.1, 0.15) is 0 Å². The highest BCUT2D eigenvalue weighted by molar-refractivity contribution is 7.08. The molecule has 3 rings (SSSR count). The zero-order valence-corrected chi connectivity index (χ0v) is 7.86. The predicted octanol–water partition coefficient (Wildman–Crippen LogP) is 1.00. The lowest BCUT2D eigenvalue weighted by molar-refractivity contribution is -0.120. The molecule has 1 aromatic heterocycles. The molecule has 1 amide bonds. The molecule has 0 unspecified atom stereocenters. The van der Waals surface area contributed by atoms with Crippen LogP contribution >= 0.6 is 11.3 Å². The topological polar surface area (TPSA) is 41.1 Å². The van der Waals surface area contributed by atoms with Crippen LogP contribution in [0.2, 0.25) is 0 Å². The molecule has 0 radical (unpaired) electrons. The number of carbonyl (C=O) groups excluding carboxylic acids is 1. The summed E-state index contributed by atoms with van der Waals surface area (Å²) < 4.78 is 0. The van der Waals surface area contributed by atoms with Crippen molar-refractivity contribution in [3.63, 3.8) is 0 Å². The van der Waals surface area contributed by atoms with Crippen molar-refractivity contribution in [3.8, 4) is 0 Å². The van der Waals surface area contributed by atoms with E-state index in [4.69, 9.17) is 0 Å². The third kappa shape index (κ3) is 0.957. The average Bonchev–Trinajstić information content (AvgIpc) is 2.66. The van der Waals surface area contributed by atoms with Crippen molar-refractivity contribution in [3.05, 3.63) is 16.3 Å². The molecule has 0 bridgehead atoms. The van der Waals surface area contributed by atoms with Gasteiger partial charge in [-0.3, -0.25) is 4.79 Å². The quantitative estimate of drug-likeness (QED) is 0.647. The Morgan fingerprint density at radius 3 is 3.08 bits per heavy atom. The Balaban J connectivity index is 2.10. The third-order valence-electron chi connectivity index (χ3n) is 2.90. The molecule has 4 heteroatoms. The summed E-state index contributed by atoms with van der Waals surface area (Å²) in [6.45, 7) is 1.77. The lowest BCUT2D eigenvalue weighted by Gasteiger charge is -2.24. The highest BCUT2D eigenvalue weighted by Crippen LogP contribution is 2.39. The van der Waals surface area contributed by atoms with E-state index in [0.29, 0.717) is 5.92 Å². The second-order valence-electron chi connectivity index (χ2n) is 3.60. The van der Waals surface area contributed by atoms with Crippen LogP contribution in [-0.4, -0.2) is 19.0 Å². The molecule has 0 aromatic carbocycles. The van der Waals surface area contributed by atoms with Gasteiger partial charge in [0.2, 0.25) is 5.91 Å². The molecule has 2 atom stereocenters. The van der Waals surface area contributed by atoms with Gasteiger partial charge in [-0.05, 0) is 10.9 Å². The Bertz CT molecular complexity index is 360. The first-order chi connectivity index (χ1) is 6.36. The normalized spacial score (nSPS) is 30.9. The van der Waals surface area contributed by atoms with Crippen molar-refractivity contribution in [2.24, 2.45) is 5.92 Å². The van der Waals surface area contributed by atoms with Gasteiger partial charge in [0.25, 0.3) is 0 Å². The Morgan fingerprint density at radius 1 is 1.31 bits per heavy atom. The van der Waals surface area contributed by atoms with Crippen LogP contribution in [0.25, 0.3) is 0 Å². The second kappa shape index (κ2) is 2.56. The van der Waals surface area contributed by atoms with Gasteiger partial charge >= 0.3 is 0 Å². The van der Waals surface area contributed by atoms with Gasteiger partial charge in [0.05, 0.1) is 11.6 Å². The molecule has 0 aliphatic carbocycles. The number of rotatable bonds is 0. The van der Waals surface area contributed by atoms with E-state index in [9.17, 15) is 4.79 Å². The van der Waals surface area contributed by atoms with E-state index in [1.54, 1.807) is 11.3 Å². The van der Waals surface area contributed by atoms with Crippen LogP contribution in [0.4, 0.5) is 5.69 Å². The Morgan fingerprint density at radius 2 is 2.15 bits per heavy atom. The summed E-state index contributed by atoms with van der Waals surface area (Å²) in [6, 6.07) is 0. The highest BCUT2D eigenvalue weighted by Gasteiger charge is 2.39. The minimum atomic E-state index is 0.155. The molecule has 13 heavy (non-hydrogen) atoms. The van der Waals surface area contributed by atoms with E-state index in [2.05, 4.69) is 16.0 Å². The molecule has 68 valence electrons. The molecule has 2 aliphatic rings. The Kier molecular flexibility index (Phi) is 1.48. The fourth-order valence-corrected chi connectivity index (χ4v) is 3.05. The third-order valence-corrected chi connectivity index (χ3v) is 3.66. The van der Waals surface area contributed by atoms with Gasteiger partial charge in [-0.15, -0.1) is 11.3 Å². The molecule has 0 spiro atoms. The van der Waals surface area contributed by atoms with Crippen LogP contribution in [0, 0.1) is 5.92 Å². The average molecular weight is 194 g/mol. The number of thiophene rings is 1. The molecule has 1 fully saturated rings. The van der Waals surface area contributed by atoms with Gasteiger partial charge in [0, 0.05) is 24.4 Å². The zero-order chi connectivity index (χ0) is 8.84. The molecule has 3 nitrogen and oxygen atoms in total. The number of hydrogen-bond acceptors (Lipinski definition) is 3. The molecule has 0 saturated carbocycles. The van der Waals surface area contributed by atoms with Crippen LogP contribution < -0.4 is 10.6 Å². The maximum Gasteiger partial charge on any atom is 0.229 e. The van der Waals surface area contributed by atoms with Gasteiger partial charge < -0.3 is 10.6 Å². The molecular weight excluding hydrogens is 184 g/mol. The first kappa shape index (κ1) is 7.53. The summed E-state index contributed by atoms with van der Waals surface area (Å²) in [5, 5.41) is 10.4. The maximum absolute atomic E-state index is 11.6. The minimum absolute atomic E-state index is 0.155. The summed E-state index contributed by atoms with van der Waals surface area (Å²) in [7, 11) is 0. The van der Waals surface area contributed by atoms with Crippen LogP contribution in [-0.2, 0) is 4.79 Å². The fraction of sp³-hybridized carbons (Fsp3) is 0.444. The van der Waals surface area contributed by atoms with Crippen molar-refractivity contribution >= 4 is 22.9 Å². The molecule has 1 aromatic rings. The number of nitrogens with one attached hydrogen (secondary N) is 2. The SMILES string of the molecule is O=C1Nc2cscc2[C@@H]2CNC[C@@H]12. The van der Waals surface area contributed by atoms with Crippen molar-refractivity contribution in [1.82, 2.24) is 5.32 Å². The maximum atomic E-state index is 11.6. The standard InChI is InChI=1S/C9H10N2OS/c12-9-6-2-10-1-5(6)7-3-13-4-8(7)11-9/h3-6,10H,1-2H2,(H,11,12)/t5-,6-/m1/s1. The number of amides is 1. The van der Waals surface area contributed by atoms with E-state index in [1.807, 2.05) is 5.38 Å². The van der Waals surface area contributed by atoms with E-state index >= 15 is 0 Å². The molecular formula is C9H10N2OS. The van der Waals surface area contributed by atoms with E-state index in [1.165, 1.54) is 5.56 Å². The summed E-state index contributed by atoms with van der Waals surface area (Å²) in [5.41, 5.74) is 2.35. The Labute approximate surface area is 80.1 Å². The molecule has 3 heterocycles. The van der Waals surface area contributed by atoms with Crippen LogP contribution in [0.3, 0.4) is 0 Å². The van der Waals surface area contributed by atoms with Crippen LogP contribution in [0.15, 0.2) is 10.8 Å². The van der Waals surface area contributed by atoms with E-state index in [0.717, 1.165) is 18.8 Å². The summed E-state index contributed by atoms with van der Waals surface area (Å²) >= 11 is 1.66. The Hall–Kier alpha value is -0.870. The van der Waals surface area contributed by atoms with Gasteiger partial charge in [-0.25, -0.2) is 0 Å². The lowest BCUT2D eigenvalue weighted by atomic mass is 9.86. The number of hydrogen-bond donors (Lipinski definition) is 2. The second-order valence-corrected chi connectivity index (χ2v) is 4.34. The summed E-state index contributed by atoms with van der Waals surface area (Å²) in [5.74, 6) is 0.748. The largest absolute Gasteiger partial charge is 0.325 e. The molecule has 2 aliphatic heterocycles. The van der Waals surface area contributed by atoms with Crippen molar-refractivity contribution < 1.29 is 4.79 Å². The predicted molar refractivity (Wildman–Crippen MR) is 52.0 cm³/mol. The first-order valence-corrected chi connectivity index (χ1v) is 5.38. The van der Waals surface area contributed by atoms with Crippen LogP contribution in [0.1, 0.15) is 11.5 Å². The first-order valence-electron chi connectivity index (χ1n) is 4.44. The molecule has 2 N–H and O–H groups in total. The van der Waals surface area contributed by atoms with Gasteiger partial charge in [-0.2, -0.15) is 0 Å². The molecule has 1 saturated heterocycles. The van der Waals surface area contributed by atoms with Crippen LogP contribution in [0.5, 0.6) is 0 Å². The summed E-state index contributed by atoms with van der Waals surface area (Å²) in [6.07, 6.45) is 0. The monoisotopic (exact) mass is 194 g/mol. The van der Waals surface area contributed by atoms with Crippen molar-refractivity contribution in [2.75, 3.05) is 18.4 Å². The van der Waals surface area contributed by atoms with Crippen molar-refractivity contribution in [2.45, 2.75) is 5.92 Å². The lowest BCUT2D eigenvalue weighted by Crippen LogP contribution is -2.32. The van der Waals surface area contributed by atoms with Gasteiger partial charge in [-0.1, -0.05) is 0 Å². The number of anilines is 1. The highest BCUT2D eigenvalue weighted by atomic mass is 32.1.